The largest absolute Gasteiger partial charge is 0.381 e. The molecule has 0 saturated carbocycles. The Bertz CT molecular complexity index is 1030. The molecule has 4 rings (SSSR count). The van der Waals surface area contributed by atoms with E-state index in [1.807, 2.05) is 6.92 Å². The first-order valence-corrected chi connectivity index (χ1v) is 11.6. The average molecular weight is 453 g/mol. The maximum absolute atomic E-state index is 13.4. The maximum atomic E-state index is 13.4. The van der Waals surface area contributed by atoms with E-state index < -0.39 is 5.60 Å². The van der Waals surface area contributed by atoms with Crippen molar-refractivity contribution >= 4 is 11.8 Å². The van der Waals surface area contributed by atoms with E-state index >= 15 is 0 Å². The van der Waals surface area contributed by atoms with Crippen molar-refractivity contribution in [1.29, 1.82) is 0 Å². The van der Waals surface area contributed by atoms with Gasteiger partial charge in [0.05, 0.1) is 5.60 Å². The van der Waals surface area contributed by atoms with Gasteiger partial charge in [-0.3, -0.25) is 0 Å². The Morgan fingerprint density at radius 3 is 2.09 bits per heavy atom. The zero-order valence-electron chi connectivity index (χ0n) is 18.8. The minimum Gasteiger partial charge on any atom is -0.381 e. The number of rotatable bonds is 7. The number of halogens is 1. The van der Waals surface area contributed by atoms with Crippen LogP contribution in [0, 0.1) is 5.82 Å². The van der Waals surface area contributed by atoms with E-state index in [4.69, 9.17) is 14.2 Å². The van der Waals surface area contributed by atoms with Gasteiger partial charge in [-0.2, -0.15) is 0 Å². The first-order valence-electron chi connectivity index (χ1n) is 10.8. The molecule has 168 valence electrons. The van der Waals surface area contributed by atoms with Gasteiger partial charge in [0, 0.05) is 50.1 Å². The molecule has 1 fully saturated rings. The third-order valence-electron chi connectivity index (χ3n) is 6.50. The molecule has 0 N–H and O–H groups in total. The second-order valence-corrected chi connectivity index (χ2v) is 9.36. The molecular weight excluding hydrogens is 423 g/mol. The Kier molecular flexibility index (Phi) is 7.01. The number of benzene rings is 3. The van der Waals surface area contributed by atoms with Crippen LogP contribution in [0.2, 0.25) is 0 Å². The molecule has 1 heterocycles. The van der Waals surface area contributed by atoms with Gasteiger partial charge < -0.3 is 14.2 Å². The highest BCUT2D eigenvalue weighted by molar-refractivity contribution is 7.99. The Hall–Kier alpha value is -2.18. The molecule has 5 heteroatoms. The second-order valence-electron chi connectivity index (χ2n) is 8.21. The van der Waals surface area contributed by atoms with Crippen LogP contribution in [0.3, 0.4) is 0 Å². The van der Waals surface area contributed by atoms with Gasteiger partial charge in [-0.1, -0.05) is 48.2 Å². The van der Waals surface area contributed by atoms with Crippen LogP contribution in [0.25, 0.3) is 0 Å². The summed E-state index contributed by atoms with van der Waals surface area (Å²) in [4.78, 5) is 2.31. The van der Waals surface area contributed by atoms with Gasteiger partial charge in [0.15, 0.2) is 0 Å². The lowest BCUT2D eigenvalue weighted by Crippen LogP contribution is -2.35. The third kappa shape index (κ3) is 4.62. The highest BCUT2D eigenvalue weighted by Crippen LogP contribution is 2.39. The van der Waals surface area contributed by atoms with E-state index in [1.165, 1.54) is 22.6 Å². The fourth-order valence-electron chi connectivity index (χ4n) is 4.30. The molecule has 1 aliphatic heterocycles. The van der Waals surface area contributed by atoms with Gasteiger partial charge in [0.1, 0.15) is 11.4 Å². The van der Waals surface area contributed by atoms with Gasteiger partial charge in [0.25, 0.3) is 0 Å². The summed E-state index contributed by atoms with van der Waals surface area (Å²) in [6, 6.07) is 23.4. The van der Waals surface area contributed by atoms with Gasteiger partial charge >= 0.3 is 0 Å². The van der Waals surface area contributed by atoms with Crippen LogP contribution >= 0.6 is 11.8 Å². The summed E-state index contributed by atoms with van der Waals surface area (Å²) in [7, 11) is 3.47. The third-order valence-corrected chi connectivity index (χ3v) is 7.49. The number of methoxy groups -OCH3 is 2. The highest BCUT2D eigenvalue weighted by Gasteiger charge is 2.34. The normalized spacial score (nSPS) is 17.6. The molecular formula is C27H29FO3S. The van der Waals surface area contributed by atoms with Crippen LogP contribution in [0.4, 0.5) is 4.39 Å². The van der Waals surface area contributed by atoms with Crippen LogP contribution in [0.1, 0.15) is 36.5 Å². The molecule has 0 aliphatic carbocycles. The fourth-order valence-corrected chi connectivity index (χ4v) is 5.18. The first-order chi connectivity index (χ1) is 15.5. The van der Waals surface area contributed by atoms with Gasteiger partial charge in [-0.15, -0.1) is 0 Å². The molecule has 0 aromatic heterocycles. The predicted molar refractivity (Wildman–Crippen MR) is 126 cm³/mol. The van der Waals surface area contributed by atoms with Crippen molar-refractivity contribution in [1.82, 2.24) is 0 Å². The summed E-state index contributed by atoms with van der Waals surface area (Å²) in [5, 5.41) is 0. The van der Waals surface area contributed by atoms with E-state index in [0.29, 0.717) is 0 Å². The van der Waals surface area contributed by atoms with Crippen molar-refractivity contribution in [3.63, 3.8) is 0 Å². The Morgan fingerprint density at radius 1 is 0.875 bits per heavy atom. The molecule has 3 aromatic carbocycles. The molecule has 1 atom stereocenters. The SMILES string of the molecule is COC1(c2cccc(Sc3ccc(C(C)(OC)c4ccc(F)cc4)cc3)c2)CCOCC1. The average Bonchev–Trinajstić information content (AvgIpc) is 2.85. The van der Waals surface area contributed by atoms with Crippen LogP contribution in [-0.2, 0) is 25.4 Å². The van der Waals surface area contributed by atoms with Crippen LogP contribution < -0.4 is 0 Å². The minimum absolute atomic E-state index is 0.253. The maximum Gasteiger partial charge on any atom is 0.123 e. The number of ether oxygens (including phenoxy) is 3. The minimum atomic E-state index is -0.648. The van der Waals surface area contributed by atoms with Gasteiger partial charge in [-0.25, -0.2) is 4.39 Å². The number of hydrogen-bond acceptors (Lipinski definition) is 4. The molecule has 1 unspecified atom stereocenters. The molecule has 0 spiro atoms. The van der Waals surface area contributed by atoms with Crippen molar-refractivity contribution in [3.8, 4) is 0 Å². The quantitative estimate of drug-likeness (QED) is 0.407. The van der Waals surface area contributed by atoms with Gasteiger partial charge in [0.2, 0.25) is 0 Å². The summed E-state index contributed by atoms with van der Waals surface area (Å²) in [5.74, 6) is -0.253. The molecule has 3 nitrogen and oxygen atoms in total. The first kappa shape index (κ1) is 23.0. The smallest absolute Gasteiger partial charge is 0.123 e. The molecule has 0 radical (unpaired) electrons. The Labute approximate surface area is 193 Å². The van der Waals surface area contributed by atoms with Crippen molar-refractivity contribution in [2.75, 3.05) is 27.4 Å². The lowest BCUT2D eigenvalue weighted by Gasteiger charge is -2.36. The zero-order chi connectivity index (χ0) is 22.6. The van der Waals surface area contributed by atoms with Crippen molar-refractivity contribution < 1.29 is 18.6 Å². The monoisotopic (exact) mass is 452 g/mol. The Balaban J connectivity index is 1.55. The van der Waals surface area contributed by atoms with Crippen molar-refractivity contribution in [2.24, 2.45) is 0 Å². The summed E-state index contributed by atoms with van der Waals surface area (Å²) in [6.07, 6.45) is 1.73. The lowest BCUT2D eigenvalue weighted by molar-refractivity contribution is -0.0948. The van der Waals surface area contributed by atoms with Crippen LogP contribution in [0.15, 0.2) is 82.6 Å². The molecule has 0 amide bonds. The predicted octanol–water partition coefficient (Wildman–Crippen LogP) is 6.54. The summed E-state index contributed by atoms with van der Waals surface area (Å²) >= 11 is 1.72. The zero-order valence-corrected chi connectivity index (χ0v) is 19.6. The molecule has 1 saturated heterocycles. The summed E-state index contributed by atoms with van der Waals surface area (Å²) in [6.45, 7) is 3.45. The van der Waals surface area contributed by atoms with Crippen LogP contribution in [-0.4, -0.2) is 27.4 Å². The summed E-state index contributed by atoms with van der Waals surface area (Å²) in [5.41, 5.74) is 2.22. The molecule has 32 heavy (non-hydrogen) atoms. The molecule has 0 bridgehead atoms. The van der Waals surface area contributed by atoms with E-state index in [1.54, 1.807) is 38.1 Å². The summed E-state index contributed by atoms with van der Waals surface area (Å²) < 4.78 is 30.7. The van der Waals surface area contributed by atoms with E-state index in [2.05, 4.69) is 48.5 Å². The Morgan fingerprint density at radius 2 is 1.50 bits per heavy atom. The fraction of sp³-hybridized carbons (Fsp3) is 0.333. The standard InChI is InChI=1S/C27H29FO3S/c1-26(29-2,20-7-11-23(28)12-8-20)21-9-13-24(14-10-21)32-25-6-4-5-22(19-25)27(30-3)15-17-31-18-16-27/h4-14,19H,15-18H2,1-3H3. The molecule has 1 aliphatic rings. The lowest BCUT2D eigenvalue weighted by atomic mass is 9.86. The molecule has 3 aromatic rings. The van der Waals surface area contributed by atoms with E-state index in [-0.39, 0.29) is 11.4 Å². The van der Waals surface area contributed by atoms with Crippen LogP contribution in [0.5, 0.6) is 0 Å². The van der Waals surface area contributed by atoms with Gasteiger partial charge in [-0.05, 0) is 60.0 Å². The second kappa shape index (κ2) is 9.75. The highest BCUT2D eigenvalue weighted by atomic mass is 32.2. The topological polar surface area (TPSA) is 27.7 Å². The van der Waals surface area contributed by atoms with E-state index in [0.717, 1.165) is 42.1 Å². The van der Waals surface area contributed by atoms with E-state index in [9.17, 15) is 4.39 Å². The number of hydrogen-bond donors (Lipinski definition) is 0. The van der Waals surface area contributed by atoms with Crippen molar-refractivity contribution in [3.05, 3.63) is 95.3 Å². The van der Waals surface area contributed by atoms with Crippen molar-refractivity contribution in [2.45, 2.75) is 40.8 Å².